The van der Waals surface area contributed by atoms with E-state index in [2.05, 4.69) is 5.32 Å². The van der Waals surface area contributed by atoms with Gasteiger partial charge in [0.2, 0.25) is 0 Å². The molecule has 1 saturated heterocycles. The van der Waals surface area contributed by atoms with Gasteiger partial charge in [0.25, 0.3) is 0 Å². The summed E-state index contributed by atoms with van der Waals surface area (Å²) in [6, 6.07) is 8.32. The molecule has 0 aliphatic carbocycles. The molecule has 1 unspecified atom stereocenters. The number of nitrogens with one attached hydrogen (secondary N) is 1. The molecule has 20 heavy (non-hydrogen) atoms. The predicted octanol–water partition coefficient (Wildman–Crippen LogP) is 0.459. The van der Waals surface area contributed by atoms with Gasteiger partial charge in [-0.05, 0) is 12.0 Å². The summed E-state index contributed by atoms with van der Waals surface area (Å²) in [7, 11) is 0. The third-order valence-electron chi connectivity index (χ3n) is 3.36. The molecule has 0 spiro atoms. The van der Waals surface area contributed by atoms with Crippen molar-refractivity contribution in [2.24, 2.45) is 0 Å². The van der Waals surface area contributed by atoms with E-state index in [-0.39, 0.29) is 13.0 Å². The Morgan fingerprint density at radius 2 is 2.00 bits per heavy atom. The lowest BCUT2D eigenvalue weighted by atomic mass is 10.1. The normalized spacial score (nSPS) is 21.8. The Morgan fingerprint density at radius 3 is 2.65 bits per heavy atom. The maximum Gasteiger partial charge on any atom is 0.326 e. The molecule has 0 radical (unpaired) electrons. The van der Waals surface area contributed by atoms with Crippen molar-refractivity contribution >= 4 is 12.0 Å². The molecule has 3 N–H and O–H groups in total. The molecular formula is C14H18N2O4. The van der Waals surface area contributed by atoms with Gasteiger partial charge in [-0.3, -0.25) is 0 Å². The minimum Gasteiger partial charge on any atom is -0.480 e. The number of carbonyl (C=O) groups excluding carboxylic acids is 1. The lowest BCUT2D eigenvalue weighted by Crippen LogP contribution is -2.46. The first-order chi connectivity index (χ1) is 9.58. The molecule has 6 heteroatoms. The van der Waals surface area contributed by atoms with E-state index in [1.165, 1.54) is 4.90 Å². The van der Waals surface area contributed by atoms with E-state index < -0.39 is 24.1 Å². The maximum atomic E-state index is 11.9. The van der Waals surface area contributed by atoms with Gasteiger partial charge in [0, 0.05) is 19.5 Å². The van der Waals surface area contributed by atoms with Crippen LogP contribution in [0.3, 0.4) is 0 Å². The molecule has 6 nitrogen and oxygen atoms in total. The van der Waals surface area contributed by atoms with Crippen LogP contribution in [0.1, 0.15) is 12.0 Å². The van der Waals surface area contributed by atoms with E-state index in [1.807, 2.05) is 30.3 Å². The zero-order valence-electron chi connectivity index (χ0n) is 11.0. The van der Waals surface area contributed by atoms with E-state index in [4.69, 9.17) is 5.11 Å². The largest absolute Gasteiger partial charge is 0.480 e. The van der Waals surface area contributed by atoms with Crippen LogP contribution in [0.25, 0.3) is 0 Å². The number of aliphatic hydroxyl groups is 1. The summed E-state index contributed by atoms with van der Waals surface area (Å²) in [6.07, 6.45) is -0.00160. The molecule has 108 valence electrons. The topological polar surface area (TPSA) is 89.9 Å². The summed E-state index contributed by atoms with van der Waals surface area (Å²) in [5, 5.41) is 21.2. The molecule has 1 aromatic carbocycles. The van der Waals surface area contributed by atoms with Crippen LogP contribution in [-0.4, -0.2) is 52.3 Å². The Morgan fingerprint density at radius 1 is 1.30 bits per heavy atom. The van der Waals surface area contributed by atoms with Crippen LogP contribution in [0.2, 0.25) is 0 Å². The number of carboxylic acids is 1. The Balaban J connectivity index is 1.84. The number of benzene rings is 1. The highest BCUT2D eigenvalue weighted by atomic mass is 16.4. The minimum atomic E-state index is -1.08. The van der Waals surface area contributed by atoms with Crippen molar-refractivity contribution in [3.05, 3.63) is 35.9 Å². The number of aliphatic hydroxyl groups excluding tert-OH is 1. The summed E-state index contributed by atoms with van der Waals surface area (Å²) in [6.45, 7) is 0.496. The van der Waals surface area contributed by atoms with Gasteiger partial charge in [-0.25, -0.2) is 9.59 Å². The minimum absolute atomic E-state index is 0.0636. The highest BCUT2D eigenvalue weighted by Crippen LogP contribution is 2.18. The Kier molecular flexibility index (Phi) is 4.57. The van der Waals surface area contributed by atoms with Gasteiger partial charge in [-0.1, -0.05) is 30.3 Å². The zero-order chi connectivity index (χ0) is 14.5. The second-order valence-corrected chi connectivity index (χ2v) is 4.86. The Labute approximate surface area is 117 Å². The molecule has 1 fully saturated rings. The van der Waals surface area contributed by atoms with Crippen LogP contribution in [0, 0.1) is 0 Å². The summed E-state index contributed by atoms with van der Waals surface area (Å²) >= 11 is 0. The zero-order valence-corrected chi connectivity index (χ0v) is 11.0. The number of β-amino-alcohol motifs (C(OH)–C–C–N with tert-alkyl or cyclic N) is 1. The smallest absolute Gasteiger partial charge is 0.326 e. The molecule has 0 aromatic heterocycles. The molecular weight excluding hydrogens is 260 g/mol. The summed E-state index contributed by atoms with van der Waals surface area (Å²) in [5.41, 5.74) is 1.10. The first-order valence-electron chi connectivity index (χ1n) is 6.57. The molecule has 0 bridgehead atoms. The molecule has 2 amide bonds. The maximum absolute atomic E-state index is 11.9. The van der Waals surface area contributed by atoms with Gasteiger partial charge in [0.05, 0.1) is 6.10 Å². The van der Waals surface area contributed by atoms with Crippen molar-refractivity contribution in [1.29, 1.82) is 0 Å². The lowest BCUT2D eigenvalue weighted by molar-refractivity contribution is -0.141. The lowest BCUT2D eigenvalue weighted by Gasteiger charge is -2.21. The molecule has 0 saturated carbocycles. The van der Waals surface area contributed by atoms with E-state index in [9.17, 15) is 14.7 Å². The van der Waals surface area contributed by atoms with Gasteiger partial charge in [0.15, 0.2) is 0 Å². The summed E-state index contributed by atoms with van der Waals surface area (Å²) in [4.78, 5) is 24.1. The molecule has 2 rings (SSSR count). The number of hydrogen-bond donors (Lipinski definition) is 3. The number of aliphatic carboxylic acids is 1. The number of nitrogens with zero attached hydrogens (tertiary/aromatic N) is 1. The number of carboxylic acid groups (broad SMARTS) is 1. The quantitative estimate of drug-likeness (QED) is 0.746. The molecule has 2 atom stereocenters. The van der Waals surface area contributed by atoms with Crippen LogP contribution < -0.4 is 5.32 Å². The van der Waals surface area contributed by atoms with E-state index in [0.29, 0.717) is 13.0 Å². The van der Waals surface area contributed by atoms with Gasteiger partial charge >= 0.3 is 12.0 Å². The average molecular weight is 278 g/mol. The fraction of sp³-hybridized carbons (Fsp3) is 0.429. The SMILES string of the molecule is O=C(O)[C@@H]1CC(O)CN1C(=O)NCCc1ccccc1. The molecule has 1 aliphatic heterocycles. The first kappa shape index (κ1) is 14.3. The molecule has 1 aliphatic rings. The fourth-order valence-electron chi connectivity index (χ4n) is 2.33. The number of hydrogen-bond acceptors (Lipinski definition) is 3. The molecule has 1 heterocycles. The summed E-state index contributed by atoms with van der Waals surface area (Å²) in [5.74, 6) is -1.08. The van der Waals surface area contributed by atoms with Gasteiger partial charge < -0.3 is 20.4 Å². The number of carbonyl (C=O) groups is 2. The van der Waals surface area contributed by atoms with Crippen LogP contribution in [-0.2, 0) is 11.2 Å². The Bertz CT molecular complexity index is 477. The van der Waals surface area contributed by atoms with Crippen molar-refractivity contribution in [1.82, 2.24) is 10.2 Å². The van der Waals surface area contributed by atoms with Crippen molar-refractivity contribution in [3.8, 4) is 0 Å². The van der Waals surface area contributed by atoms with Crippen LogP contribution in [0.4, 0.5) is 4.79 Å². The monoisotopic (exact) mass is 278 g/mol. The number of rotatable bonds is 4. The highest BCUT2D eigenvalue weighted by Gasteiger charge is 2.38. The van der Waals surface area contributed by atoms with Crippen molar-refractivity contribution in [2.45, 2.75) is 25.0 Å². The van der Waals surface area contributed by atoms with Crippen molar-refractivity contribution in [2.75, 3.05) is 13.1 Å². The van der Waals surface area contributed by atoms with Crippen LogP contribution in [0.15, 0.2) is 30.3 Å². The van der Waals surface area contributed by atoms with Gasteiger partial charge in [-0.2, -0.15) is 0 Å². The van der Waals surface area contributed by atoms with E-state index in [1.54, 1.807) is 0 Å². The van der Waals surface area contributed by atoms with Crippen molar-refractivity contribution in [3.63, 3.8) is 0 Å². The second kappa shape index (κ2) is 6.38. The molecule has 1 aromatic rings. The predicted molar refractivity (Wildman–Crippen MR) is 72.3 cm³/mol. The number of urea groups is 1. The van der Waals surface area contributed by atoms with Gasteiger partial charge in [0.1, 0.15) is 6.04 Å². The number of likely N-dealkylation sites (tertiary alicyclic amines) is 1. The third-order valence-corrected chi connectivity index (χ3v) is 3.36. The first-order valence-corrected chi connectivity index (χ1v) is 6.57. The van der Waals surface area contributed by atoms with Crippen LogP contribution in [0.5, 0.6) is 0 Å². The highest BCUT2D eigenvalue weighted by molar-refractivity contribution is 5.83. The van der Waals surface area contributed by atoms with Crippen LogP contribution >= 0.6 is 0 Å². The Hall–Kier alpha value is -2.08. The van der Waals surface area contributed by atoms with Gasteiger partial charge in [-0.15, -0.1) is 0 Å². The van der Waals surface area contributed by atoms with Crippen molar-refractivity contribution < 1.29 is 19.8 Å². The standard InChI is InChI=1S/C14H18N2O4/c17-11-8-12(13(18)19)16(9-11)14(20)15-7-6-10-4-2-1-3-5-10/h1-5,11-12,17H,6-9H2,(H,15,20)(H,18,19)/t11?,12-/m0/s1. The van der Waals surface area contributed by atoms with E-state index in [0.717, 1.165) is 5.56 Å². The fourth-order valence-corrected chi connectivity index (χ4v) is 2.33. The number of amides is 2. The average Bonchev–Trinajstić information content (AvgIpc) is 2.82. The third kappa shape index (κ3) is 3.48. The van der Waals surface area contributed by atoms with E-state index >= 15 is 0 Å². The summed E-state index contributed by atoms with van der Waals surface area (Å²) < 4.78 is 0. The second-order valence-electron chi connectivity index (χ2n) is 4.86.